The van der Waals surface area contributed by atoms with Crippen molar-refractivity contribution in [3.8, 4) is 16.9 Å². The van der Waals surface area contributed by atoms with Crippen molar-refractivity contribution in [1.29, 1.82) is 0 Å². The number of aromatic nitrogens is 1. The van der Waals surface area contributed by atoms with Gasteiger partial charge in [0, 0.05) is 54.6 Å². The second-order valence-corrected chi connectivity index (χ2v) is 9.90. The van der Waals surface area contributed by atoms with Crippen molar-refractivity contribution in [1.82, 2.24) is 4.98 Å². The third-order valence-electron chi connectivity index (χ3n) is 7.45. The number of hydrogen-bond acceptors (Lipinski definition) is 7. The number of carbonyl (C=O) groups is 1. The Morgan fingerprint density at radius 3 is 2.68 bits per heavy atom. The highest BCUT2D eigenvalue weighted by Crippen LogP contribution is 2.38. The van der Waals surface area contributed by atoms with Crippen LogP contribution in [0.5, 0.6) is 5.75 Å². The quantitative estimate of drug-likeness (QED) is 0.448. The van der Waals surface area contributed by atoms with Crippen LogP contribution < -0.4 is 15.0 Å². The molecule has 1 aromatic heterocycles. The monoisotopic (exact) mass is 501 g/mol. The number of pyridine rings is 1. The summed E-state index contributed by atoms with van der Waals surface area (Å²) in [5, 5.41) is 3.55. The molecule has 3 aromatic rings. The van der Waals surface area contributed by atoms with Crippen LogP contribution in [-0.4, -0.2) is 51.0 Å². The highest BCUT2D eigenvalue weighted by molar-refractivity contribution is 5.74. The van der Waals surface area contributed by atoms with Gasteiger partial charge in [-0.2, -0.15) is 0 Å². The van der Waals surface area contributed by atoms with Crippen molar-refractivity contribution < 1.29 is 19.0 Å². The van der Waals surface area contributed by atoms with Gasteiger partial charge < -0.3 is 24.4 Å². The largest absolute Gasteiger partial charge is 0.493 e. The molecule has 7 nitrogen and oxygen atoms in total. The summed E-state index contributed by atoms with van der Waals surface area (Å²) in [6, 6.07) is 12.8. The summed E-state index contributed by atoms with van der Waals surface area (Å²) in [4.78, 5) is 18.9. The molecule has 194 valence electrons. The van der Waals surface area contributed by atoms with Gasteiger partial charge in [-0.15, -0.1) is 0 Å². The maximum atomic E-state index is 11.7. The van der Waals surface area contributed by atoms with E-state index in [0.29, 0.717) is 19.6 Å². The van der Waals surface area contributed by atoms with Gasteiger partial charge in [-0.05, 0) is 60.7 Å². The third kappa shape index (κ3) is 5.27. The number of rotatable bonds is 7. The molecule has 3 heterocycles. The van der Waals surface area contributed by atoms with Crippen molar-refractivity contribution in [2.45, 2.75) is 39.7 Å². The third-order valence-corrected chi connectivity index (χ3v) is 7.45. The topological polar surface area (TPSA) is 72.9 Å². The van der Waals surface area contributed by atoms with E-state index in [0.717, 1.165) is 54.7 Å². The normalized spacial score (nSPS) is 16.8. The van der Waals surface area contributed by atoms with Crippen LogP contribution in [0.3, 0.4) is 0 Å². The Kier molecular flexibility index (Phi) is 7.33. The van der Waals surface area contributed by atoms with E-state index in [4.69, 9.17) is 19.2 Å². The zero-order valence-corrected chi connectivity index (χ0v) is 22.1. The summed E-state index contributed by atoms with van der Waals surface area (Å²) in [7, 11) is 1.42. The molecule has 2 aromatic carbocycles. The van der Waals surface area contributed by atoms with Gasteiger partial charge in [-0.1, -0.05) is 18.2 Å². The van der Waals surface area contributed by atoms with Gasteiger partial charge in [-0.25, -0.2) is 4.98 Å². The molecule has 0 amide bonds. The van der Waals surface area contributed by atoms with E-state index >= 15 is 0 Å². The molecule has 1 fully saturated rings. The Bertz CT molecular complexity index is 1300. The lowest BCUT2D eigenvalue weighted by atomic mass is 9.92. The fourth-order valence-corrected chi connectivity index (χ4v) is 5.37. The van der Waals surface area contributed by atoms with E-state index in [1.165, 1.54) is 34.9 Å². The van der Waals surface area contributed by atoms with Gasteiger partial charge >= 0.3 is 5.97 Å². The molecule has 0 bridgehead atoms. The number of anilines is 2. The van der Waals surface area contributed by atoms with Crippen molar-refractivity contribution in [3.63, 3.8) is 0 Å². The van der Waals surface area contributed by atoms with Crippen LogP contribution in [0.1, 0.15) is 40.2 Å². The molecule has 0 spiro atoms. The second-order valence-electron chi connectivity index (χ2n) is 9.90. The average molecular weight is 502 g/mol. The number of benzene rings is 2. The summed E-state index contributed by atoms with van der Waals surface area (Å²) in [6.07, 6.45) is 2.34. The molecule has 7 heteroatoms. The van der Waals surface area contributed by atoms with Gasteiger partial charge in [-0.3, -0.25) is 4.79 Å². The predicted octanol–water partition coefficient (Wildman–Crippen LogP) is 5.16. The van der Waals surface area contributed by atoms with E-state index in [9.17, 15) is 4.79 Å². The number of morpholine rings is 1. The van der Waals surface area contributed by atoms with Gasteiger partial charge in [0.25, 0.3) is 0 Å². The number of hydrogen-bond donors (Lipinski definition) is 1. The lowest BCUT2D eigenvalue weighted by Gasteiger charge is -2.29. The zero-order chi connectivity index (χ0) is 25.9. The first-order valence-corrected chi connectivity index (χ1v) is 12.9. The van der Waals surface area contributed by atoms with Crippen LogP contribution in [0, 0.1) is 20.8 Å². The minimum absolute atomic E-state index is 0.0464. The number of esters is 1. The first-order chi connectivity index (χ1) is 17.9. The van der Waals surface area contributed by atoms with Crippen LogP contribution in [0.2, 0.25) is 0 Å². The number of fused-ring (bicyclic) bond motifs is 1. The number of nitrogens with one attached hydrogen (secondary N) is 1. The Balaban J connectivity index is 1.32. The molecule has 2 aliphatic rings. The van der Waals surface area contributed by atoms with Crippen LogP contribution >= 0.6 is 0 Å². The summed E-state index contributed by atoms with van der Waals surface area (Å²) in [5.74, 6) is 1.72. The molecule has 37 heavy (non-hydrogen) atoms. The molecule has 0 saturated carbocycles. The summed E-state index contributed by atoms with van der Waals surface area (Å²) >= 11 is 0. The van der Waals surface area contributed by atoms with Crippen LogP contribution in [0.25, 0.3) is 11.1 Å². The summed E-state index contributed by atoms with van der Waals surface area (Å²) in [5.41, 5.74) is 9.36. The standard InChI is InChI=1S/C30H35N3O4/c1-19-5-6-22(16-31-25-7-8-26-24(14-28(34)35-4)18-37-27(26)15-25)21(3)29(19)23-13-20(2)30(32-17-23)33-9-11-36-12-10-33/h5-8,13,15,17,24,31H,9-12,14,16,18H2,1-4H3. The van der Waals surface area contributed by atoms with Crippen molar-refractivity contribution >= 4 is 17.5 Å². The van der Waals surface area contributed by atoms with Crippen molar-refractivity contribution in [2.75, 3.05) is 50.2 Å². The minimum atomic E-state index is -0.213. The smallest absolute Gasteiger partial charge is 0.306 e. The molecule has 0 aliphatic carbocycles. The highest BCUT2D eigenvalue weighted by Gasteiger charge is 2.27. The van der Waals surface area contributed by atoms with Crippen molar-refractivity contribution in [3.05, 3.63) is 70.4 Å². The van der Waals surface area contributed by atoms with Crippen LogP contribution in [-0.2, 0) is 20.8 Å². The average Bonchev–Trinajstić information content (AvgIpc) is 3.30. The van der Waals surface area contributed by atoms with Gasteiger partial charge in [0.1, 0.15) is 11.6 Å². The summed E-state index contributed by atoms with van der Waals surface area (Å²) in [6.45, 7) is 11.0. The molecular weight excluding hydrogens is 466 g/mol. The molecule has 5 rings (SSSR count). The first kappa shape index (κ1) is 25.1. The second kappa shape index (κ2) is 10.8. The van der Waals surface area contributed by atoms with E-state index in [1.807, 2.05) is 12.3 Å². The first-order valence-electron chi connectivity index (χ1n) is 12.9. The molecule has 1 atom stereocenters. The Labute approximate surface area is 218 Å². The number of ether oxygens (including phenoxy) is 3. The molecule has 1 saturated heterocycles. The fraction of sp³-hybridized carbons (Fsp3) is 0.400. The van der Waals surface area contributed by atoms with Crippen LogP contribution in [0.4, 0.5) is 11.5 Å². The Hall–Kier alpha value is -3.58. The van der Waals surface area contributed by atoms with E-state index in [-0.39, 0.29) is 11.9 Å². The summed E-state index contributed by atoms with van der Waals surface area (Å²) < 4.78 is 16.2. The van der Waals surface area contributed by atoms with Crippen molar-refractivity contribution in [2.24, 2.45) is 0 Å². The van der Waals surface area contributed by atoms with E-state index in [1.54, 1.807) is 0 Å². The van der Waals surface area contributed by atoms with E-state index in [2.05, 4.69) is 61.3 Å². The zero-order valence-electron chi connectivity index (χ0n) is 22.1. The molecule has 2 aliphatic heterocycles. The fourth-order valence-electron chi connectivity index (χ4n) is 5.37. The number of aryl methyl sites for hydroxylation is 2. The van der Waals surface area contributed by atoms with Gasteiger partial charge in [0.05, 0.1) is 33.4 Å². The lowest BCUT2D eigenvalue weighted by molar-refractivity contribution is -0.141. The Morgan fingerprint density at radius 2 is 1.92 bits per heavy atom. The van der Waals surface area contributed by atoms with E-state index < -0.39 is 0 Å². The van der Waals surface area contributed by atoms with Crippen LogP contribution in [0.15, 0.2) is 42.6 Å². The SMILES string of the molecule is COC(=O)CC1COc2cc(NCc3ccc(C)c(-c4cnc(N5CCOCC5)c(C)c4)c3C)ccc21. The minimum Gasteiger partial charge on any atom is -0.493 e. The number of carbonyl (C=O) groups excluding carboxylic acids is 1. The highest BCUT2D eigenvalue weighted by atomic mass is 16.5. The Morgan fingerprint density at radius 1 is 1.11 bits per heavy atom. The number of nitrogens with zero attached hydrogens (tertiary/aromatic N) is 2. The molecule has 1 unspecified atom stereocenters. The van der Waals surface area contributed by atoms with Gasteiger partial charge in [0.15, 0.2) is 0 Å². The maximum Gasteiger partial charge on any atom is 0.306 e. The molecular formula is C30H35N3O4. The molecule has 0 radical (unpaired) electrons. The maximum absolute atomic E-state index is 11.7. The van der Waals surface area contributed by atoms with Gasteiger partial charge in [0.2, 0.25) is 0 Å². The molecule has 1 N–H and O–H groups in total. The lowest BCUT2D eigenvalue weighted by Crippen LogP contribution is -2.37. The number of methoxy groups -OCH3 is 1. The predicted molar refractivity (Wildman–Crippen MR) is 146 cm³/mol.